The summed E-state index contributed by atoms with van der Waals surface area (Å²) in [6.07, 6.45) is 0. The number of carboxylic acid groups (broad SMARTS) is 2. The molecule has 1 rings (SSSR count). The molecule has 6 heteroatoms. The summed E-state index contributed by atoms with van der Waals surface area (Å²) in [6.45, 7) is 0. The van der Waals surface area contributed by atoms with E-state index in [2.05, 4.69) is 15.9 Å². The van der Waals surface area contributed by atoms with Crippen molar-refractivity contribution >= 4 is 39.5 Å². The van der Waals surface area contributed by atoms with Crippen molar-refractivity contribution in [1.82, 2.24) is 0 Å². The first kappa shape index (κ1) is 11.0. The Hall–Kier alpha value is -1.07. The third kappa shape index (κ3) is 1.88. The van der Waals surface area contributed by atoms with Gasteiger partial charge in [0.1, 0.15) is 0 Å². The fraction of sp³-hybridized carbons (Fsp3) is 0. The summed E-state index contributed by atoms with van der Waals surface area (Å²) in [4.78, 5) is 21.4. The van der Waals surface area contributed by atoms with Gasteiger partial charge in [0.05, 0.1) is 16.1 Å². The second kappa shape index (κ2) is 3.98. The van der Waals surface area contributed by atoms with Gasteiger partial charge in [-0.3, -0.25) is 0 Å². The van der Waals surface area contributed by atoms with Crippen LogP contribution < -0.4 is 0 Å². The van der Waals surface area contributed by atoms with Gasteiger partial charge in [-0.05, 0) is 28.1 Å². The van der Waals surface area contributed by atoms with Crippen LogP contribution in [0.5, 0.6) is 0 Å². The molecule has 0 spiro atoms. The highest BCUT2D eigenvalue weighted by atomic mass is 79.9. The Morgan fingerprint density at radius 3 is 2.21 bits per heavy atom. The molecule has 0 bridgehead atoms. The first-order valence-electron chi connectivity index (χ1n) is 3.39. The molecule has 0 atom stereocenters. The molecule has 1 aromatic carbocycles. The van der Waals surface area contributed by atoms with Crippen molar-refractivity contribution in [2.45, 2.75) is 0 Å². The lowest BCUT2D eigenvalue weighted by molar-refractivity contribution is 0.0696. The zero-order valence-electron chi connectivity index (χ0n) is 6.62. The van der Waals surface area contributed by atoms with Crippen molar-refractivity contribution in [3.05, 3.63) is 32.8 Å². The monoisotopic (exact) mass is 278 g/mol. The van der Waals surface area contributed by atoms with E-state index in [1.807, 2.05) is 0 Å². The highest BCUT2D eigenvalue weighted by molar-refractivity contribution is 9.10. The highest BCUT2D eigenvalue weighted by Gasteiger charge is 2.19. The van der Waals surface area contributed by atoms with E-state index in [1.165, 1.54) is 12.1 Å². The summed E-state index contributed by atoms with van der Waals surface area (Å²) in [6, 6.07) is 2.47. The Kier molecular flexibility index (Phi) is 3.13. The van der Waals surface area contributed by atoms with Crippen LogP contribution in [0.2, 0.25) is 5.02 Å². The molecule has 1 aromatic rings. The van der Waals surface area contributed by atoms with E-state index in [1.54, 1.807) is 0 Å². The average Bonchev–Trinajstić information content (AvgIpc) is 2.02. The standard InChI is InChI=1S/C8H4BrClO4/c9-6-3(7(11)12)1-2-4(10)5(6)8(13)14/h1-2H,(H,11,12)(H,13,14). The summed E-state index contributed by atoms with van der Waals surface area (Å²) >= 11 is 8.48. The zero-order chi connectivity index (χ0) is 10.9. The molecule has 4 nitrogen and oxygen atoms in total. The molecule has 0 amide bonds. The van der Waals surface area contributed by atoms with Crippen LogP contribution in [-0.4, -0.2) is 22.2 Å². The maximum absolute atomic E-state index is 10.7. The summed E-state index contributed by atoms with van der Waals surface area (Å²) in [5, 5.41) is 17.4. The van der Waals surface area contributed by atoms with Crippen molar-refractivity contribution in [2.75, 3.05) is 0 Å². The van der Waals surface area contributed by atoms with Crippen LogP contribution in [0, 0.1) is 0 Å². The van der Waals surface area contributed by atoms with Crippen molar-refractivity contribution < 1.29 is 19.8 Å². The van der Waals surface area contributed by atoms with E-state index < -0.39 is 11.9 Å². The van der Waals surface area contributed by atoms with E-state index in [9.17, 15) is 9.59 Å². The number of halogens is 2. The van der Waals surface area contributed by atoms with E-state index in [0.717, 1.165) is 0 Å². The number of benzene rings is 1. The molecule has 0 saturated carbocycles. The Labute approximate surface area is 92.2 Å². The van der Waals surface area contributed by atoms with Gasteiger partial charge in [0, 0.05) is 4.47 Å². The Morgan fingerprint density at radius 1 is 1.21 bits per heavy atom. The number of rotatable bonds is 2. The van der Waals surface area contributed by atoms with Crippen molar-refractivity contribution in [1.29, 1.82) is 0 Å². The molecule has 0 aromatic heterocycles. The van der Waals surface area contributed by atoms with Crippen LogP contribution in [0.1, 0.15) is 20.7 Å². The number of carbonyl (C=O) groups is 2. The third-order valence-electron chi connectivity index (χ3n) is 1.54. The van der Waals surface area contributed by atoms with Crippen LogP contribution in [0.25, 0.3) is 0 Å². The molecule has 0 unspecified atom stereocenters. The molecule has 74 valence electrons. The summed E-state index contributed by atoms with van der Waals surface area (Å²) in [7, 11) is 0. The van der Waals surface area contributed by atoms with Crippen LogP contribution in [0.15, 0.2) is 16.6 Å². The molecule has 0 heterocycles. The summed E-state index contributed by atoms with van der Waals surface area (Å²) < 4.78 is -0.0231. The minimum atomic E-state index is -1.27. The quantitative estimate of drug-likeness (QED) is 0.872. The molecule has 2 N–H and O–H groups in total. The average molecular weight is 279 g/mol. The van der Waals surface area contributed by atoms with Crippen LogP contribution in [-0.2, 0) is 0 Å². The molecule has 0 aliphatic carbocycles. The summed E-state index contributed by atoms with van der Waals surface area (Å²) in [5.74, 6) is -2.49. The Balaban J connectivity index is 3.49. The first-order chi connectivity index (χ1) is 6.45. The fourth-order valence-electron chi connectivity index (χ4n) is 0.914. The van der Waals surface area contributed by atoms with Crippen LogP contribution in [0.3, 0.4) is 0 Å². The Morgan fingerprint density at radius 2 is 1.79 bits per heavy atom. The molecule has 0 saturated heterocycles. The number of hydrogen-bond donors (Lipinski definition) is 2. The van der Waals surface area contributed by atoms with E-state index in [4.69, 9.17) is 21.8 Å². The number of hydrogen-bond acceptors (Lipinski definition) is 2. The molecule has 14 heavy (non-hydrogen) atoms. The smallest absolute Gasteiger partial charge is 0.338 e. The molecule has 0 fully saturated rings. The van der Waals surface area contributed by atoms with Crippen molar-refractivity contribution in [3.63, 3.8) is 0 Å². The third-order valence-corrected chi connectivity index (χ3v) is 2.67. The molecule has 0 radical (unpaired) electrons. The maximum Gasteiger partial charge on any atom is 0.338 e. The van der Waals surface area contributed by atoms with E-state index in [0.29, 0.717) is 0 Å². The Bertz CT molecular complexity index is 416. The normalized spacial score (nSPS) is 9.86. The maximum atomic E-state index is 10.7. The zero-order valence-corrected chi connectivity index (χ0v) is 8.96. The largest absolute Gasteiger partial charge is 0.478 e. The molecular formula is C8H4BrClO4. The number of aromatic carboxylic acids is 2. The van der Waals surface area contributed by atoms with Gasteiger partial charge in [-0.1, -0.05) is 11.6 Å². The minimum absolute atomic E-state index is 0.00521. The van der Waals surface area contributed by atoms with Gasteiger partial charge in [-0.25, -0.2) is 9.59 Å². The fourth-order valence-corrected chi connectivity index (χ4v) is 1.95. The van der Waals surface area contributed by atoms with Crippen molar-refractivity contribution in [3.8, 4) is 0 Å². The van der Waals surface area contributed by atoms with Gasteiger partial charge in [-0.15, -0.1) is 0 Å². The lowest BCUT2D eigenvalue weighted by Gasteiger charge is -2.04. The summed E-state index contributed by atoms with van der Waals surface area (Å²) in [5.41, 5.74) is -0.377. The second-order valence-corrected chi connectivity index (χ2v) is 3.59. The molecule has 0 aliphatic rings. The second-order valence-electron chi connectivity index (χ2n) is 2.39. The van der Waals surface area contributed by atoms with Crippen LogP contribution >= 0.6 is 27.5 Å². The topological polar surface area (TPSA) is 74.6 Å². The highest BCUT2D eigenvalue weighted by Crippen LogP contribution is 2.28. The van der Waals surface area contributed by atoms with Gasteiger partial charge >= 0.3 is 11.9 Å². The van der Waals surface area contributed by atoms with Crippen molar-refractivity contribution in [2.24, 2.45) is 0 Å². The van der Waals surface area contributed by atoms with Gasteiger partial charge in [0.25, 0.3) is 0 Å². The SMILES string of the molecule is O=C(O)c1ccc(Cl)c(C(=O)O)c1Br. The lowest BCUT2D eigenvalue weighted by atomic mass is 10.1. The van der Waals surface area contributed by atoms with Gasteiger partial charge in [-0.2, -0.15) is 0 Å². The predicted octanol–water partition coefficient (Wildman–Crippen LogP) is 2.50. The predicted molar refractivity (Wildman–Crippen MR) is 53.1 cm³/mol. The van der Waals surface area contributed by atoms with Crippen LogP contribution in [0.4, 0.5) is 0 Å². The van der Waals surface area contributed by atoms with Gasteiger partial charge in [0.2, 0.25) is 0 Å². The van der Waals surface area contributed by atoms with E-state index in [-0.39, 0.29) is 20.6 Å². The number of carboxylic acids is 2. The van der Waals surface area contributed by atoms with Gasteiger partial charge < -0.3 is 10.2 Å². The molecular weight excluding hydrogens is 275 g/mol. The van der Waals surface area contributed by atoms with Gasteiger partial charge in [0.15, 0.2) is 0 Å². The van der Waals surface area contributed by atoms with E-state index >= 15 is 0 Å². The first-order valence-corrected chi connectivity index (χ1v) is 4.57. The molecule has 0 aliphatic heterocycles. The lowest BCUT2D eigenvalue weighted by Crippen LogP contribution is -2.05. The minimum Gasteiger partial charge on any atom is -0.478 e.